The first-order valence-electron chi connectivity index (χ1n) is 7.20. The van der Waals surface area contributed by atoms with Crippen molar-refractivity contribution in [2.24, 2.45) is 11.7 Å². The summed E-state index contributed by atoms with van der Waals surface area (Å²) < 4.78 is 0. The van der Waals surface area contributed by atoms with Gasteiger partial charge in [-0.3, -0.25) is 9.59 Å². The van der Waals surface area contributed by atoms with E-state index in [2.05, 4.69) is 19.2 Å². The smallest absolute Gasteiger partial charge is 0.253 e. The van der Waals surface area contributed by atoms with Crippen LogP contribution in [0.5, 0.6) is 0 Å². The number of nitrogens with two attached hydrogens (primary N) is 1. The van der Waals surface area contributed by atoms with E-state index in [4.69, 9.17) is 5.73 Å². The van der Waals surface area contributed by atoms with Gasteiger partial charge in [0.25, 0.3) is 11.8 Å². The molecule has 0 saturated carbocycles. The Morgan fingerprint density at radius 1 is 1.29 bits per heavy atom. The topological polar surface area (TPSA) is 75.4 Å². The molecule has 0 saturated heterocycles. The zero-order valence-corrected chi connectivity index (χ0v) is 13.2. The van der Waals surface area contributed by atoms with Crippen LogP contribution in [0, 0.1) is 5.92 Å². The Morgan fingerprint density at radius 2 is 1.90 bits per heavy atom. The number of carbonyl (C=O) groups excluding carboxylic acids is 2. The van der Waals surface area contributed by atoms with Gasteiger partial charge in [-0.25, -0.2) is 0 Å². The summed E-state index contributed by atoms with van der Waals surface area (Å²) in [5.74, 6) is 0.0934. The van der Waals surface area contributed by atoms with Crippen molar-refractivity contribution in [1.82, 2.24) is 10.2 Å². The van der Waals surface area contributed by atoms with Crippen molar-refractivity contribution in [1.29, 1.82) is 0 Å². The number of hydrogen-bond donors (Lipinski definition) is 2. The van der Waals surface area contributed by atoms with Gasteiger partial charge < -0.3 is 16.0 Å². The molecule has 5 nitrogen and oxygen atoms in total. The first kappa shape index (κ1) is 17.2. The Labute approximate surface area is 126 Å². The monoisotopic (exact) mass is 291 g/mol. The van der Waals surface area contributed by atoms with Crippen molar-refractivity contribution in [2.75, 3.05) is 20.6 Å². The maximum Gasteiger partial charge on any atom is 0.253 e. The minimum atomic E-state index is -0.200. The maximum absolute atomic E-state index is 12.3. The molecule has 0 fully saturated rings. The first-order chi connectivity index (χ1) is 9.86. The Kier molecular flexibility index (Phi) is 6.37. The minimum Gasteiger partial charge on any atom is -0.355 e. The molecule has 2 amide bonds. The fourth-order valence-electron chi connectivity index (χ4n) is 1.94. The van der Waals surface area contributed by atoms with Crippen LogP contribution in [0.25, 0.3) is 0 Å². The van der Waals surface area contributed by atoms with Crippen molar-refractivity contribution in [3.8, 4) is 0 Å². The van der Waals surface area contributed by atoms with Crippen LogP contribution in [0.3, 0.4) is 0 Å². The number of benzene rings is 1. The highest BCUT2D eigenvalue weighted by Gasteiger charge is 2.15. The highest BCUT2D eigenvalue weighted by molar-refractivity contribution is 5.99. The maximum atomic E-state index is 12.3. The lowest BCUT2D eigenvalue weighted by atomic mass is 10.0. The molecule has 1 atom stereocenters. The summed E-state index contributed by atoms with van der Waals surface area (Å²) in [7, 11) is 3.32. The molecule has 0 radical (unpaired) electrons. The number of rotatable bonds is 6. The molecular weight excluding hydrogens is 266 g/mol. The molecule has 1 aromatic carbocycles. The van der Waals surface area contributed by atoms with Crippen LogP contribution in [0.1, 0.15) is 41.0 Å². The van der Waals surface area contributed by atoms with Gasteiger partial charge >= 0.3 is 0 Å². The number of carbonyl (C=O) groups is 2. The third-order valence-corrected chi connectivity index (χ3v) is 3.60. The predicted octanol–water partition coefficient (Wildman–Crippen LogP) is 1.49. The van der Waals surface area contributed by atoms with Gasteiger partial charge in [0.05, 0.1) is 0 Å². The molecule has 21 heavy (non-hydrogen) atoms. The molecule has 1 rings (SSSR count). The van der Waals surface area contributed by atoms with E-state index in [0.29, 0.717) is 23.6 Å². The van der Waals surface area contributed by atoms with E-state index in [0.717, 1.165) is 6.42 Å². The summed E-state index contributed by atoms with van der Waals surface area (Å²) in [5, 5.41) is 2.55. The first-order valence-corrected chi connectivity index (χ1v) is 7.20. The van der Waals surface area contributed by atoms with Crippen LogP contribution in [0.2, 0.25) is 0 Å². The van der Waals surface area contributed by atoms with E-state index in [1.807, 2.05) is 0 Å². The van der Waals surface area contributed by atoms with E-state index in [1.54, 1.807) is 43.3 Å². The number of nitrogens with zero attached hydrogens (tertiary/aromatic N) is 1. The van der Waals surface area contributed by atoms with Gasteiger partial charge in [0.15, 0.2) is 0 Å². The van der Waals surface area contributed by atoms with Crippen LogP contribution in [0.4, 0.5) is 0 Å². The Hall–Kier alpha value is -1.88. The van der Waals surface area contributed by atoms with Gasteiger partial charge in [0.1, 0.15) is 0 Å². The average molecular weight is 291 g/mol. The summed E-state index contributed by atoms with van der Waals surface area (Å²) >= 11 is 0. The van der Waals surface area contributed by atoms with Crippen molar-refractivity contribution < 1.29 is 9.59 Å². The molecule has 3 N–H and O–H groups in total. The largest absolute Gasteiger partial charge is 0.355 e. The fourth-order valence-corrected chi connectivity index (χ4v) is 1.94. The highest BCUT2D eigenvalue weighted by atomic mass is 16.2. The second-order valence-corrected chi connectivity index (χ2v) is 5.58. The molecule has 0 spiro atoms. The molecule has 0 aliphatic carbocycles. The van der Waals surface area contributed by atoms with E-state index in [-0.39, 0.29) is 17.9 Å². The van der Waals surface area contributed by atoms with Crippen molar-refractivity contribution in [3.05, 3.63) is 35.4 Å². The van der Waals surface area contributed by atoms with Crippen LogP contribution in [0.15, 0.2) is 24.3 Å². The van der Waals surface area contributed by atoms with E-state index < -0.39 is 0 Å². The highest BCUT2D eigenvalue weighted by Crippen LogP contribution is 2.10. The third-order valence-electron chi connectivity index (χ3n) is 3.60. The second kappa shape index (κ2) is 7.78. The molecule has 5 heteroatoms. The minimum absolute atomic E-state index is 0.0810. The quantitative estimate of drug-likeness (QED) is 0.834. The Balaban J connectivity index is 2.72. The molecule has 116 valence electrons. The van der Waals surface area contributed by atoms with Crippen LogP contribution < -0.4 is 11.1 Å². The molecule has 0 bridgehead atoms. The molecular formula is C16H25N3O2. The summed E-state index contributed by atoms with van der Waals surface area (Å²) in [5.41, 5.74) is 6.99. The number of nitrogens with one attached hydrogen (secondary N) is 1. The van der Waals surface area contributed by atoms with Crippen molar-refractivity contribution >= 4 is 11.8 Å². The molecule has 0 aromatic heterocycles. The fraction of sp³-hybridized carbons (Fsp3) is 0.500. The summed E-state index contributed by atoms with van der Waals surface area (Å²) in [6, 6.07) is 6.81. The standard InChI is InChI=1S/C16H25N3O2/c1-11(2)14(17)8-9-19(4)16(21)13-7-5-6-12(10-13)15(20)18-3/h5-7,10-11,14H,8-9,17H2,1-4H3,(H,18,20). The van der Waals surface area contributed by atoms with Crippen LogP contribution in [-0.2, 0) is 0 Å². The van der Waals surface area contributed by atoms with Gasteiger partial charge in [-0.1, -0.05) is 19.9 Å². The third kappa shape index (κ3) is 4.86. The van der Waals surface area contributed by atoms with Gasteiger partial charge in [-0.05, 0) is 30.5 Å². The lowest BCUT2D eigenvalue weighted by Gasteiger charge is -2.21. The SMILES string of the molecule is CNC(=O)c1cccc(C(=O)N(C)CCC(N)C(C)C)c1. The van der Waals surface area contributed by atoms with E-state index >= 15 is 0 Å². The Morgan fingerprint density at radius 3 is 2.48 bits per heavy atom. The predicted molar refractivity (Wildman–Crippen MR) is 84.2 cm³/mol. The van der Waals surface area contributed by atoms with Gasteiger partial charge in [-0.2, -0.15) is 0 Å². The number of amides is 2. The van der Waals surface area contributed by atoms with Crippen molar-refractivity contribution in [2.45, 2.75) is 26.3 Å². The molecule has 1 aromatic rings. The molecule has 0 heterocycles. The van der Waals surface area contributed by atoms with E-state index in [9.17, 15) is 9.59 Å². The van der Waals surface area contributed by atoms with Crippen LogP contribution in [-0.4, -0.2) is 43.4 Å². The normalized spacial score (nSPS) is 12.1. The van der Waals surface area contributed by atoms with Gasteiger partial charge in [0.2, 0.25) is 0 Å². The lowest BCUT2D eigenvalue weighted by Crippen LogP contribution is -2.34. The van der Waals surface area contributed by atoms with Gasteiger partial charge in [0, 0.05) is 37.8 Å². The lowest BCUT2D eigenvalue weighted by molar-refractivity contribution is 0.0789. The average Bonchev–Trinajstić information content (AvgIpc) is 2.50. The number of hydrogen-bond acceptors (Lipinski definition) is 3. The van der Waals surface area contributed by atoms with Crippen molar-refractivity contribution in [3.63, 3.8) is 0 Å². The zero-order valence-electron chi connectivity index (χ0n) is 13.2. The molecule has 1 unspecified atom stereocenters. The van der Waals surface area contributed by atoms with E-state index in [1.165, 1.54) is 0 Å². The Bertz CT molecular complexity index is 500. The summed E-state index contributed by atoms with van der Waals surface area (Å²) in [4.78, 5) is 25.6. The molecule has 0 aliphatic rings. The summed E-state index contributed by atoms with van der Waals surface area (Å²) in [6.45, 7) is 4.74. The second-order valence-electron chi connectivity index (χ2n) is 5.58. The van der Waals surface area contributed by atoms with Crippen LogP contribution >= 0.6 is 0 Å². The summed E-state index contributed by atoms with van der Waals surface area (Å²) in [6.07, 6.45) is 0.759. The van der Waals surface area contributed by atoms with Gasteiger partial charge in [-0.15, -0.1) is 0 Å². The molecule has 0 aliphatic heterocycles. The zero-order chi connectivity index (χ0) is 16.0.